The van der Waals surface area contributed by atoms with Gasteiger partial charge in [0, 0.05) is 19.2 Å². The molecule has 0 radical (unpaired) electrons. The standard InChI is InChI=1S/C10H11ClFN3O2S2/c1-19(16,17)13-2-3-15-9-4-6(11)7(12)5-8(9)14-10(15)18/h4-5,13H,2-3H2,1H3,(H,14,18). The van der Waals surface area contributed by atoms with Gasteiger partial charge < -0.3 is 9.55 Å². The van der Waals surface area contributed by atoms with E-state index in [9.17, 15) is 12.8 Å². The van der Waals surface area contributed by atoms with E-state index in [4.69, 9.17) is 23.8 Å². The van der Waals surface area contributed by atoms with Gasteiger partial charge in [-0.15, -0.1) is 0 Å². The first-order valence-electron chi connectivity index (χ1n) is 5.30. The molecule has 1 heterocycles. The van der Waals surface area contributed by atoms with Crippen LogP contribution in [0.5, 0.6) is 0 Å². The molecule has 0 saturated heterocycles. The molecule has 0 aliphatic carbocycles. The Kier molecular flexibility index (Phi) is 3.95. The number of hydrogen-bond acceptors (Lipinski definition) is 3. The van der Waals surface area contributed by atoms with Crippen LogP contribution >= 0.6 is 23.8 Å². The van der Waals surface area contributed by atoms with Crippen molar-refractivity contribution in [2.75, 3.05) is 12.8 Å². The molecule has 0 spiro atoms. The number of imidazole rings is 1. The SMILES string of the molecule is CS(=O)(=O)NCCn1c(=S)[nH]c2cc(F)c(Cl)cc21. The zero-order valence-electron chi connectivity index (χ0n) is 9.91. The molecule has 0 aliphatic heterocycles. The number of fused-ring (bicyclic) bond motifs is 1. The number of nitrogens with zero attached hydrogens (tertiary/aromatic N) is 1. The minimum atomic E-state index is -3.25. The van der Waals surface area contributed by atoms with Crippen LogP contribution in [0.2, 0.25) is 5.02 Å². The fourth-order valence-corrected chi connectivity index (χ4v) is 2.64. The van der Waals surface area contributed by atoms with Crippen LogP contribution in [0.25, 0.3) is 11.0 Å². The maximum atomic E-state index is 13.3. The predicted octanol–water partition coefficient (Wildman–Crippen LogP) is 2.04. The topological polar surface area (TPSA) is 66.9 Å². The molecule has 1 aromatic heterocycles. The summed E-state index contributed by atoms with van der Waals surface area (Å²) in [5.74, 6) is -0.535. The Bertz CT molecular complexity index is 782. The smallest absolute Gasteiger partial charge is 0.208 e. The third kappa shape index (κ3) is 3.33. The van der Waals surface area contributed by atoms with Crippen LogP contribution in [0.15, 0.2) is 12.1 Å². The zero-order chi connectivity index (χ0) is 14.2. The Balaban J connectivity index is 2.35. The fourth-order valence-electron chi connectivity index (χ4n) is 1.72. The molecular formula is C10H11ClFN3O2S2. The van der Waals surface area contributed by atoms with Gasteiger partial charge >= 0.3 is 0 Å². The molecule has 2 N–H and O–H groups in total. The van der Waals surface area contributed by atoms with E-state index in [0.29, 0.717) is 22.3 Å². The van der Waals surface area contributed by atoms with E-state index < -0.39 is 15.8 Å². The minimum absolute atomic E-state index is 0.00803. The van der Waals surface area contributed by atoms with E-state index in [-0.39, 0.29) is 11.6 Å². The van der Waals surface area contributed by atoms with E-state index in [1.54, 1.807) is 4.57 Å². The number of rotatable bonds is 4. The highest BCUT2D eigenvalue weighted by Gasteiger charge is 2.09. The van der Waals surface area contributed by atoms with Crippen molar-refractivity contribution in [2.45, 2.75) is 6.54 Å². The van der Waals surface area contributed by atoms with E-state index >= 15 is 0 Å². The second-order valence-corrected chi connectivity index (χ2v) is 6.66. The number of nitrogens with one attached hydrogen (secondary N) is 2. The highest BCUT2D eigenvalue weighted by molar-refractivity contribution is 7.88. The largest absolute Gasteiger partial charge is 0.330 e. The molecule has 19 heavy (non-hydrogen) atoms. The van der Waals surface area contributed by atoms with Gasteiger partial charge in [0.15, 0.2) is 4.77 Å². The molecule has 0 fully saturated rings. The molecule has 0 atom stereocenters. The van der Waals surface area contributed by atoms with Gasteiger partial charge in [-0.3, -0.25) is 0 Å². The molecule has 0 unspecified atom stereocenters. The van der Waals surface area contributed by atoms with Gasteiger partial charge in [-0.2, -0.15) is 0 Å². The lowest BCUT2D eigenvalue weighted by molar-refractivity contribution is 0.579. The van der Waals surface area contributed by atoms with Crippen molar-refractivity contribution < 1.29 is 12.8 Å². The van der Waals surface area contributed by atoms with Crippen molar-refractivity contribution in [1.82, 2.24) is 14.3 Å². The Hall–Kier alpha value is -0.960. The average Bonchev–Trinajstić information content (AvgIpc) is 2.55. The van der Waals surface area contributed by atoms with Crippen molar-refractivity contribution in [1.29, 1.82) is 0 Å². The second kappa shape index (κ2) is 5.20. The Morgan fingerprint density at radius 1 is 1.53 bits per heavy atom. The van der Waals surface area contributed by atoms with Gasteiger partial charge in [-0.1, -0.05) is 11.6 Å². The molecule has 1 aromatic carbocycles. The molecule has 9 heteroatoms. The third-order valence-corrected chi connectivity index (χ3v) is 3.86. The van der Waals surface area contributed by atoms with Crippen molar-refractivity contribution in [2.24, 2.45) is 0 Å². The molecule has 0 saturated carbocycles. The quantitative estimate of drug-likeness (QED) is 0.846. The lowest BCUT2D eigenvalue weighted by Crippen LogP contribution is -2.26. The van der Waals surface area contributed by atoms with Gasteiger partial charge in [-0.05, 0) is 18.3 Å². The van der Waals surface area contributed by atoms with Crippen molar-refractivity contribution in [3.8, 4) is 0 Å². The van der Waals surface area contributed by atoms with Gasteiger partial charge in [0.25, 0.3) is 0 Å². The Morgan fingerprint density at radius 2 is 2.21 bits per heavy atom. The Morgan fingerprint density at radius 3 is 2.84 bits per heavy atom. The summed E-state index contributed by atoms with van der Waals surface area (Å²) in [6.07, 6.45) is 1.08. The number of aromatic nitrogens is 2. The monoisotopic (exact) mass is 323 g/mol. The van der Waals surface area contributed by atoms with Gasteiger partial charge in [-0.25, -0.2) is 17.5 Å². The van der Waals surface area contributed by atoms with Crippen LogP contribution in [-0.2, 0) is 16.6 Å². The summed E-state index contributed by atoms with van der Waals surface area (Å²) in [5, 5.41) is -0.00803. The lowest BCUT2D eigenvalue weighted by atomic mass is 10.3. The van der Waals surface area contributed by atoms with Gasteiger partial charge in [0.2, 0.25) is 10.0 Å². The molecule has 5 nitrogen and oxygen atoms in total. The zero-order valence-corrected chi connectivity index (χ0v) is 12.3. The molecule has 0 bridgehead atoms. The molecule has 104 valence electrons. The van der Waals surface area contributed by atoms with Crippen molar-refractivity contribution >= 4 is 44.9 Å². The summed E-state index contributed by atoms with van der Waals surface area (Å²) in [4.78, 5) is 2.84. The second-order valence-electron chi connectivity index (χ2n) is 4.03. The van der Waals surface area contributed by atoms with Gasteiger partial charge in [0.1, 0.15) is 5.82 Å². The van der Waals surface area contributed by atoms with E-state index in [1.165, 1.54) is 12.1 Å². The van der Waals surface area contributed by atoms with Crippen molar-refractivity contribution in [3.63, 3.8) is 0 Å². The number of H-pyrrole nitrogens is 1. The van der Waals surface area contributed by atoms with Crippen LogP contribution in [-0.4, -0.2) is 30.8 Å². The summed E-state index contributed by atoms with van der Waals surface area (Å²) in [7, 11) is -3.25. The maximum absolute atomic E-state index is 13.3. The first-order chi connectivity index (χ1) is 8.78. The van der Waals surface area contributed by atoms with Crippen LogP contribution in [0.3, 0.4) is 0 Å². The molecule has 0 aliphatic rings. The molecular weight excluding hydrogens is 313 g/mol. The van der Waals surface area contributed by atoms with Crippen LogP contribution < -0.4 is 4.72 Å². The molecule has 2 rings (SSSR count). The summed E-state index contributed by atoms with van der Waals surface area (Å²) in [6, 6.07) is 2.72. The Labute approximate surface area is 119 Å². The van der Waals surface area contributed by atoms with E-state index in [0.717, 1.165) is 6.26 Å². The average molecular weight is 324 g/mol. The summed E-state index contributed by atoms with van der Waals surface area (Å²) in [6.45, 7) is 0.517. The predicted molar refractivity (Wildman–Crippen MR) is 74.9 cm³/mol. The normalized spacial score (nSPS) is 12.2. The number of halogens is 2. The van der Waals surface area contributed by atoms with Crippen LogP contribution in [0.4, 0.5) is 4.39 Å². The summed E-state index contributed by atoms with van der Waals surface area (Å²) < 4.78 is 39.7. The summed E-state index contributed by atoms with van der Waals surface area (Å²) in [5.41, 5.74) is 1.15. The fraction of sp³-hybridized carbons (Fsp3) is 0.300. The number of benzene rings is 1. The highest BCUT2D eigenvalue weighted by atomic mass is 35.5. The number of hydrogen-bond donors (Lipinski definition) is 2. The molecule has 0 amide bonds. The van der Waals surface area contributed by atoms with Gasteiger partial charge in [0.05, 0.1) is 22.3 Å². The number of aromatic amines is 1. The molecule has 2 aromatic rings. The van der Waals surface area contributed by atoms with Crippen LogP contribution in [0, 0.1) is 10.6 Å². The third-order valence-electron chi connectivity index (χ3n) is 2.52. The summed E-state index contributed by atoms with van der Waals surface area (Å²) >= 11 is 10.8. The maximum Gasteiger partial charge on any atom is 0.208 e. The first-order valence-corrected chi connectivity index (χ1v) is 7.98. The lowest BCUT2D eigenvalue weighted by Gasteiger charge is -2.05. The van der Waals surface area contributed by atoms with Crippen LogP contribution in [0.1, 0.15) is 0 Å². The van der Waals surface area contributed by atoms with E-state index in [2.05, 4.69) is 9.71 Å². The number of sulfonamides is 1. The van der Waals surface area contributed by atoms with E-state index in [1.807, 2.05) is 0 Å². The van der Waals surface area contributed by atoms with Crippen molar-refractivity contribution in [3.05, 3.63) is 27.7 Å². The minimum Gasteiger partial charge on any atom is -0.330 e. The first kappa shape index (κ1) is 14.4. The highest BCUT2D eigenvalue weighted by Crippen LogP contribution is 2.22.